The van der Waals surface area contributed by atoms with Gasteiger partial charge in [-0.05, 0) is 124 Å². The summed E-state index contributed by atoms with van der Waals surface area (Å²) in [6.07, 6.45) is 0. The number of rotatable bonds is 7. The molecule has 0 bridgehead atoms. The third-order valence-electron chi connectivity index (χ3n) is 11.3. The van der Waals surface area contributed by atoms with Crippen LogP contribution < -0.4 is 0 Å². The average Bonchev–Trinajstić information content (AvgIpc) is 3.31. The number of fused-ring (bicyclic) bond motifs is 2. The Hall–Kier alpha value is -7.79. The minimum atomic E-state index is 0.652. The zero-order valence-electron chi connectivity index (χ0n) is 31.8. The van der Waals surface area contributed by atoms with Gasteiger partial charge in [-0.2, -0.15) is 5.26 Å². The molecule has 1 heteroatoms. The molecule has 0 spiro atoms. The van der Waals surface area contributed by atoms with E-state index in [2.05, 4.69) is 212 Å². The highest BCUT2D eigenvalue weighted by atomic mass is 14.3. The molecule has 0 N–H and O–H groups in total. The van der Waals surface area contributed by atoms with Crippen LogP contribution >= 0.6 is 0 Å². The van der Waals surface area contributed by atoms with Gasteiger partial charge in [0.2, 0.25) is 0 Å². The average molecular weight is 736 g/mol. The molecule has 0 aromatic heterocycles. The molecule has 0 heterocycles. The van der Waals surface area contributed by atoms with E-state index in [9.17, 15) is 5.26 Å². The number of nitriles is 1. The van der Waals surface area contributed by atoms with Crippen molar-refractivity contribution in [1.82, 2.24) is 0 Å². The number of nitrogens with zero attached hydrogens (tertiary/aromatic N) is 1. The smallest absolute Gasteiger partial charge is 0.0991 e. The molecular formula is C57H37N. The van der Waals surface area contributed by atoms with Crippen LogP contribution in [0.4, 0.5) is 0 Å². The molecule has 0 unspecified atom stereocenters. The maximum absolute atomic E-state index is 9.83. The summed E-state index contributed by atoms with van der Waals surface area (Å²) in [4.78, 5) is 0. The van der Waals surface area contributed by atoms with Gasteiger partial charge in [0.1, 0.15) is 0 Å². The number of benzene rings is 10. The highest BCUT2D eigenvalue weighted by molar-refractivity contribution is 6.21. The second-order valence-corrected chi connectivity index (χ2v) is 14.7. The molecule has 0 saturated heterocycles. The van der Waals surface area contributed by atoms with Crippen LogP contribution in [0.3, 0.4) is 0 Å². The van der Waals surface area contributed by atoms with Crippen LogP contribution in [0.5, 0.6) is 0 Å². The van der Waals surface area contributed by atoms with Crippen molar-refractivity contribution in [2.75, 3.05) is 0 Å². The van der Waals surface area contributed by atoms with E-state index in [0.717, 1.165) is 33.0 Å². The summed E-state index contributed by atoms with van der Waals surface area (Å²) in [5.41, 5.74) is 17.0. The minimum absolute atomic E-state index is 0.652. The third-order valence-corrected chi connectivity index (χ3v) is 11.3. The fourth-order valence-electron chi connectivity index (χ4n) is 8.80. The molecule has 0 atom stereocenters. The van der Waals surface area contributed by atoms with Gasteiger partial charge >= 0.3 is 0 Å². The summed E-state index contributed by atoms with van der Waals surface area (Å²) < 4.78 is 0. The molecule has 0 amide bonds. The highest BCUT2D eigenvalue weighted by Crippen LogP contribution is 2.51. The highest BCUT2D eigenvalue weighted by Gasteiger charge is 2.24. The molecule has 1 nitrogen and oxygen atoms in total. The Morgan fingerprint density at radius 2 is 0.586 bits per heavy atom. The monoisotopic (exact) mass is 735 g/mol. The lowest BCUT2D eigenvalue weighted by Gasteiger charge is -2.25. The molecular weight excluding hydrogens is 699 g/mol. The molecule has 0 fully saturated rings. The molecule has 270 valence electrons. The van der Waals surface area contributed by atoms with Gasteiger partial charge in [-0.15, -0.1) is 0 Å². The zero-order chi connectivity index (χ0) is 38.8. The van der Waals surface area contributed by atoms with Gasteiger partial charge in [-0.1, -0.05) is 200 Å². The van der Waals surface area contributed by atoms with E-state index in [1.54, 1.807) is 0 Å². The standard InChI is InChI=1S/C57H37N/c58-38-39-19-17-29-45(35-39)53-47-31-13-15-33-49(47)54(50-34-16-14-32-48(50)53)46-30-18-28-44(36-46)52-37-51(40-20-5-1-6-21-40)55(41-22-7-2-8-23-41)57(43-26-11-4-12-27-43)56(52)42-24-9-3-10-25-42/h1-37H. The van der Waals surface area contributed by atoms with Crippen molar-refractivity contribution >= 4 is 21.5 Å². The lowest BCUT2D eigenvalue weighted by Crippen LogP contribution is -1.98. The van der Waals surface area contributed by atoms with Crippen LogP contribution in [0.15, 0.2) is 224 Å². The molecule has 10 aromatic carbocycles. The summed E-state index contributed by atoms with van der Waals surface area (Å²) in [5.74, 6) is 0. The first kappa shape index (κ1) is 34.7. The van der Waals surface area contributed by atoms with Crippen molar-refractivity contribution < 1.29 is 0 Å². The van der Waals surface area contributed by atoms with E-state index >= 15 is 0 Å². The number of hydrogen-bond acceptors (Lipinski definition) is 1. The van der Waals surface area contributed by atoms with Crippen molar-refractivity contribution in [3.8, 4) is 84.0 Å². The van der Waals surface area contributed by atoms with Crippen molar-refractivity contribution in [2.24, 2.45) is 0 Å². The summed E-state index contributed by atoms with van der Waals surface area (Å²) >= 11 is 0. The Balaban J connectivity index is 1.31. The fraction of sp³-hybridized carbons (Fsp3) is 0. The Morgan fingerprint density at radius 3 is 1.05 bits per heavy atom. The molecule has 58 heavy (non-hydrogen) atoms. The van der Waals surface area contributed by atoms with Crippen molar-refractivity contribution in [3.05, 3.63) is 230 Å². The van der Waals surface area contributed by atoms with Gasteiger partial charge in [-0.25, -0.2) is 0 Å². The normalized spacial score (nSPS) is 11.1. The first-order valence-electron chi connectivity index (χ1n) is 19.7. The third kappa shape index (κ3) is 6.15. The fourth-order valence-corrected chi connectivity index (χ4v) is 8.80. The van der Waals surface area contributed by atoms with Gasteiger partial charge < -0.3 is 0 Å². The molecule has 0 aliphatic heterocycles. The second-order valence-electron chi connectivity index (χ2n) is 14.7. The quantitative estimate of drug-likeness (QED) is 0.150. The van der Waals surface area contributed by atoms with E-state index in [1.165, 1.54) is 66.4 Å². The minimum Gasteiger partial charge on any atom is -0.192 e. The Bertz CT molecular complexity index is 3080. The summed E-state index contributed by atoms with van der Waals surface area (Å²) in [6, 6.07) is 82.7. The van der Waals surface area contributed by atoms with Crippen LogP contribution in [0, 0.1) is 11.3 Å². The number of hydrogen-bond donors (Lipinski definition) is 0. The Morgan fingerprint density at radius 1 is 0.241 bits per heavy atom. The Labute approximate surface area is 339 Å². The van der Waals surface area contributed by atoms with Crippen molar-refractivity contribution in [1.29, 1.82) is 5.26 Å². The van der Waals surface area contributed by atoms with E-state index in [4.69, 9.17) is 0 Å². The molecule has 0 saturated carbocycles. The first-order valence-corrected chi connectivity index (χ1v) is 19.7. The van der Waals surface area contributed by atoms with Gasteiger partial charge in [0, 0.05) is 0 Å². The van der Waals surface area contributed by atoms with Crippen LogP contribution in [-0.4, -0.2) is 0 Å². The van der Waals surface area contributed by atoms with Crippen molar-refractivity contribution in [3.63, 3.8) is 0 Å². The lowest BCUT2D eigenvalue weighted by atomic mass is 9.78. The maximum atomic E-state index is 9.83. The van der Waals surface area contributed by atoms with Crippen LogP contribution in [-0.2, 0) is 0 Å². The van der Waals surface area contributed by atoms with Gasteiger partial charge in [0.25, 0.3) is 0 Å². The second kappa shape index (κ2) is 15.0. The predicted molar refractivity (Wildman–Crippen MR) is 244 cm³/mol. The van der Waals surface area contributed by atoms with E-state index in [-0.39, 0.29) is 0 Å². The van der Waals surface area contributed by atoms with Crippen molar-refractivity contribution in [2.45, 2.75) is 0 Å². The molecule has 10 aromatic rings. The molecule has 0 aliphatic rings. The summed E-state index contributed by atoms with van der Waals surface area (Å²) in [5, 5.41) is 14.5. The predicted octanol–water partition coefficient (Wildman–Crippen LogP) is 15.5. The first-order chi connectivity index (χ1) is 28.8. The summed E-state index contributed by atoms with van der Waals surface area (Å²) in [6.45, 7) is 0. The molecule has 10 rings (SSSR count). The van der Waals surface area contributed by atoms with Crippen LogP contribution in [0.1, 0.15) is 5.56 Å². The lowest BCUT2D eigenvalue weighted by molar-refractivity contribution is 1.48. The van der Waals surface area contributed by atoms with Crippen LogP contribution in [0.2, 0.25) is 0 Å². The van der Waals surface area contributed by atoms with Crippen LogP contribution in [0.25, 0.3) is 99.4 Å². The molecule has 0 aliphatic carbocycles. The topological polar surface area (TPSA) is 23.8 Å². The largest absolute Gasteiger partial charge is 0.192 e. The van der Waals surface area contributed by atoms with E-state index in [0.29, 0.717) is 5.56 Å². The summed E-state index contributed by atoms with van der Waals surface area (Å²) in [7, 11) is 0. The van der Waals surface area contributed by atoms with Gasteiger partial charge in [-0.3, -0.25) is 0 Å². The van der Waals surface area contributed by atoms with Gasteiger partial charge in [0.15, 0.2) is 0 Å². The zero-order valence-corrected chi connectivity index (χ0v) is 31.8. The SMILES string of the molecule is N#Cc1cccc(-c2c3ccccc3c(-c3cccc(-c4cc(-c5ccccc5)c(-c5ccccc5)c(-c5ccccc5)c4-c4ccccc4)c3)c3ccccc23)c1. The maximum Gasteiger partial charge on any atom is 0.0991 e. The Kier molecular flexibility index (Phi) is 8.99. The molecule has 0 radical (unpaired) electrons. The van der Waals surface area contributed by atoms with E-state index < -0.39 is 0 Å². The van der Waals surface area contributed by atoms with E-state index in [1.807, 2.05) is 18.2 Å². The van der Waals surface area contributed by atoms with Gasteiger partial charge in [0.05, 0.1) is 11.6 Å².